The van der Waals surface area contributed by atoms with Gasteiger partial charge in [-0.25, -0.2) is 0 Å². The number of pyridine rings is 1. The van der Waals surface area contributed by atoms with E-state index in [1.807, 2.05) is 0 Å². The van der Waals surface area contributed by atoms with Gasteiger partial charge in [-0.1, -0.05) is 0 Å². The molecule has 0 radical (unpaired) electrons. The Kier molecular flexibility index (Phi) is 4.43. The molecule has 0 atom stereocenters. The van der Waals surface area contributed by atoms with Crippen molar-refractivity contribution in [3.63, 3.8) is 0 Å². The van der Waals surface area contributed by atoms with Gasteiger partial charge in [0.2, 0.25) is 0 Å². The highest BCUT2D eigenvalue weighted by Gasteiger charge is 2.13. The molecule has 0 saturated carbocycles. The van der Waals surface area contributed by atoms with Crippen molar-refractivity contribution in [2.45, 2.75) is 0 Å². The highest BCUT2D eigenvalue weighted by atomic mass is 16.6. The topological polar surface area (TPSA) is 83.3 Å². The molecule has 18 heavy (non-hydrogen) atoms. The highest BCUT2D eigenvalue weighted by molar-refractivity contribution is 5.59. The van der Waals surface area contributed by atoms with Crippen LogP contribution in [-0.2, 0) is 0 Å². The first kappa shape index (κ1) is 12.7. The van der Waals surface area contributed by atoms with E-state index in [4.69, 9.17) is 0 Å². The number of hydrogen-bond donors (Lipinski definition) is 2. The first-order chi connectivity index (χ1) is 8.77. The van der Waals surface area contributed by atoms with Crippen LogP contribution in [0.15, 0.2) is 18.5 Å². The van der Waals surface area contributed by atoms with Gasteiger partial charge < -0.3 is 10.6 Å². The summed E-state index contributed by atoms with van der Waals surface area (Å²) >= 11 is 0. The van der Waals surface area contributed by atoms with E-state index in [1.54, 1.807) is 12.3 Å². The highest BCUT2D eigenvalue weighted by Crippen LogP contribution is 2.21. The molecule has 1 aromatic heterocycles. The summed E-state index contributed by atoms with van der Waals surface area (Å²) in [4.78, 5) is 16.5. The van der Waals surface area contributed by atoms with Crippen LogP contribution in [0.5, 0.6) is 0 Å². The number of anilines is 1. The van der Waals surface area contributed by atoms with E-state index in [1.165, 1.54) is 6.20 Å². The standard InChI is InChI=1S/C11H17N5O2/c17-16(18)11-9-13-2-1-10(11)14-5-8-15-6-3-12-4-7-15/h1-2,9,12H,3-8H2,(H,13,14). The average molecular weight is 251 g/mol. The van der Waals surface area contributed by atoms with Crippen molar-refractivity contribution < 1.29 is 4.92 Å². The Morgan fingerprint density at radius 2 is 2.28 bits per heavy atom. The summed E-state index contributed by atoms with van der Waals surface area (Å²) in [6.07, 6.45) is 2.83. The number of aromatic nitrogens is 1. The maximum Gasteiger partial charge on any atom is 0.310 e. The maximum atomic E-state index is 10.8. The van der Waals surface area contributed by atoms with Crippen molar-refractivity contribution in [3.05, 3.63) is 28.6 Å². The largest absolute Gasteiger partial charge is 0.378 e. The first-order valence-corrected chi connectivity index (χ1v) is 6.03. The summed E-state index contributed by atoms with van der Waals surface area (Å²) in [6, 6.07) is 1.63. The molecular formula is C11H17N5O2. The average Bonchev–Trinajstić information content (AvgIpc) is 2.40. The van der Waals surface area contributed by atoms with E-state index in [9.17, 15) is 10.1 Å². The van der Waals surface area contributed by atoms with Crippen LogP contribution in [-0.4, -0.2) is 54.1 Å². The third-order valence-corrected chi connectivity index (χ3v) is 2.95. The Morgan fingerprint density at radius 1 is 1.50 bits per heavy atom. The maximum absolute atomic E-state index is 10.8. The van der Waals surface area contributed by atoms with E-state index in [2.05, 4.69) is 20.5 Å². The Balaban J connectivity index is 1.84. The van der Waals surface area contributed by atoms with E-state index >= 15 is 0 Å². The van der Waals surface area contributed by atoms with Crippen LogP contribution in [0.4, 0.5) is 11.4 Å². The van der Waals surface area contributed by atoms with Gasteiger partial charge in [0, 0.05) is 45.5 Å². The molecule has 1 aromatic rings. The Hall–Kier alpha value is -1.73. The minimum atomic E-state index is -0.417. The van der Waals surface area contributed by atoms with Crippen LogP contribution in [0, 0.1) is 10.1 Å². The van der Waals surface area contributed by atoms with Gasteiger partial charge in [-0.2, -0.15) is 0 Å². The van der Waals surface area contributed by atoms with E-state index in [0.29, 0.717) is 12.2 Å². The van der Waals surface area contributed by atoms with Gasteiger partial charge in [0.1, 0.15) is 11.9 Å². The van der Waals surface area contributed by atoms with Crippen LogP contribution in [0.3, 0.4) is 0 Å². The molecule has 1 aliphatic heterocycles. The second-order valence-electron chi connectivity index (χ2n) is 4.17. The number of hydrogen-bond acceptors (Lipinski definition) is 6. The zero-order chi connectivity index (χ0) is 12.8. The summed E-state index contributed by atoms with van der Waals surface area (Å²) in [7, 11) is 0. The lowest BCUT2D eigenvalue weighted by Gasteiger charge is -2.27. The summed E-state index contributed by atoms with van der Waals surface area (Å²) in [5.41, 5.74) is 0.558. The van der Waals surface area contributed by atoms with Crippen molar-refractivity contribution in [3.8, 4) is 0 Å². The van der Waals surface area contributed by atoms with Gasteiger partial charge in [0.05, 0.1) is 4.92 Å². The summed E-state index contributed by atoms with van der Waals surface area (Å²) < 4.78 is 0. The molecule has 0 unspecified atom stereocenters. The quantitative estimate of drug-likeness (QED) is 0.579. The minimum Gasteiger partial charge on any atom is -0.378 e. The van der Waals surface area contributed by atoms with Crippen molar-refractivity contribution in [2.75, 3.05) is 44.6 Å². The second-order valence-corrected chi connectivity index (χ2v) is 4.17. The molecule has 98 valence electrons. The molecular weight excluding hydrogens is 234 g/mol. The minimum absolute atomic E-state index is 0.0258. The van der Waals surface area contributed by atoms with Crippen LogP contribution >= 0.6 is 0 Å². The van der Waals surface area contributed by atoms with Crippen molar-refractivity contribution >= 4 is 11.4 Å². The van der Waals surface area contributed by atoms with Crippen LogP contribution < -0.4 is 10.6 Å². The summed E-state index contributed by atoms with van der Waals surface area (Å²) in [6.45, 7) is 5.66. The fourth-order valence-corrected chi connectivity index (χ4v) is 1.96. The number of nitrogens with one attached hydrogen (secondary N) is 2. The van der Waals surface area contributed by atoms with Gasteiger partial charge in [-0.05, 0) is 6.07 Å². The van der Waals surface area contributed by atoms with Crippen molar-refractivity contribution in [2.24, 2.45) is 0 Å². The molecule has 2 N–H and O–H groups in total. The molecule has 0 amide bonds. The predicted molar refractivity (Wildman–Crippen MR) is 68.7 cm³/mol. The zero-order valence-corrected chi connectivity index (χ0v) is 10.1. The number of piperazine rings is 1. The normalized spacial score (nSPS) is 16.4. The lowest BCUT2D eigenvalue weighted by atomic mass is 10.3. The third kappa shape index (κ3) is 3.38. The molecule has 7 heteroatoms. The molecule has 0 aromatic carbocycles. The summed E-state index contributed by atoms with van der Waals surface area (Å²) in [5.74, 6) is 0. The van der Waals surface area contributed by atoms with Crippen LogP contribution in [0.2, 0.25) is 0 Å². The van der Waals surface area contributed by atoms with Crippen LogP contribution in [0.1, 0.15) is 0 Å². The molecule has 2 heterocycles. The number of nitro groups is 1. The molecule has 0 spiro atoms. The molecule has 0 bridgehead atoms. The first-order valence-electron chi connectivity index (χ1n) is 6.03. The van der Waals surface area contributed by atoms with Gasteiger partial charge >= 0.3 is 5.69 Å². The fraction of sp³-hybridized carbons (Fsp3) is 0.545. The molecule has 1 saturated heterocycles. The monoisotopic (exact) mass is 251 g/mol. The zero-order valence-electron chi connectivity index (χ0n) is 10.1. The molecule has 1 fully saturated rings. The number of rotatable bonds is 5. The fourth-order valence-electron chi connectivity index (χ4n) is 1.96. The van der Waals surface area contributed by atoms with Crippen molar-refractivity contribution in [1.29, 1.82) is 0 Å². The van der Waals surface area contributed by atoms with E-state index in [-0.39, 0.29) is 5.69 Å². The lowest BCUT2D eigenvalue weighted by Crippen LogP contribution is -2.45. The molecule has 2 rings (SSSR count). The SMILES string of the molecule is O=[N+]([O-])c1cnccc1NCCN1CCNCC1. The molecule has 1 aliphatic rings. The third-order valence-electron chi connectivity index (χ3n) is 2.95. The molecule has 7 nitrogen and oxygen atoms in total. The second kappa shape index (κ2) is 6.27. The Morgan fingerprint density at radius 3 is 3.00 bits per heavy atom. The van der Waals surface area contributed by atoms with E-state index < -0.39 is 4.92 Å². The van der Waals surface area contributed by atoms with Gasteiger partial charge in [0.15, 0.2) is 0 Å². The smallest absolute Gasteiger partial charge is 0.310 e. The van der Waals surface area contributed by atoms with Crippen molar-refractivity contribution in [1.82, 2.24) is 15.2 Å². The Labute approximate surface area is 105 Å². The molecule has 0 aliphatic carbocycles. The van der Waals surface area contributed by atoms with Gasteiger partial charge in [-0.3, -0.25) is 20.0 Å². The number of nitrogens with zero attached hydrogens (tertiary/aromatic N) is 3. The Bertz CT molecular complexity index is 406. The predicted octanol–water partition coefficient (Wildman–Crippen LogP) is 0.307. The van der Waals surface area contributed by atoms with E-state index in [0.717, 1.165) is 32.7 Å². The lowest BCUT2D eigenvalue weighted by molar-refractivity contribution is -0.384. The van der Waals surface area contributed by atoms with Gasteiger partial charge in [0.25, 0.3) is 0 Å². The van der Waals surface area contributed by atoms with Crippen LogP contribution in [0.25, 0.3) is 0 Å². The van der Waals surface area contributed by atoms with Gasteiger partial charge in [-0.15, -0.1) is 0 Å². The summed E-state index contributed by atoms with van der Waals surface area (Å²) in [5, 5.41) is 17.2.